The molecule has 0 amide bonds. The molecule has 1 aromatic carbocycles. The highest BCUT2D eigenvalue weighted by Crippen LogP contribution is 2.08. The van der Waals surface area contributed by atoms with Gasteiger partial charge in [-0.05, 0) is 37.4 Å². The van der Waals surface area contributed by atoms with Crippen LogP contribution in [0.2, 0.25) is 0 Å². The fourth-order valence-corrected chi connectivity index (χ4v) is 2.79. The predicted octanol–water partition coefficient (Wildman–Crippen LogP) is 1.46. The molecule has 0 aliphatic heterocycles. The first-order valence-corrected chi connectivity index (χ1v) is 8.53. The first kappa shape index (κ1) is 18.0. The van der Waals surface area contributed by atoms with Crippen LogP contribution in [0.3, 0.4) is 0 Å². The van der Waals surface area contributed by atoms with Crippen molar-refractivity contribution in [3.8, 4) is 0 Å². The van der Waals surface area contributed by atoms with Crippen LogP contribution in [-0.4, -0.2) is 52.7 Å². The molecule has 1 aromatic rings. The van der Waals surface area contributed by atoms with E-state index in [0.29, 0.717) is 13.2 Å². The molecule has 0 spiro atoms. The van der Waals surface area contributed by atoms with E-state index in [2.05, 4.69) is 23.5 Å². The molecule has 21 heavy (non-hydrogen) atoms. The second-order valence-electron chi connectivity index (χ2n) is 4.49. The molecule has 0 fully saturated rings. The molecule has 0 bridgehead atoms. The molecule has 7 heteroatoms. The van der Waals surface area contributed by atoms with Crippen molar-refractivity contribution in [1.29, 1.82) is 0 Å². The largest absolute Gasteiger partial charge is 0.379 e. The minimum Gasteiger partial charge on any atom is -0.379 e. The maximum absolute atomic E-state index is 12.8. The van der Waals surface area contributed by atoms with Crippen molar-refractivity contribution in [2.45, 2.75) is 18.7 Å². The number of likely N-dealkylation sites (N-methyl/N-ethyl adjacent to an activating group) is 1. The number of nitrogens with zero attached hydrogens (tertiary/aromatic N) is 1. The summed E-state index contributed by atoms with van der Waals surface area (Å²) in [6.07, 6.45) is 0. The molecule has 0 saturated carbocycles. The Balaban J connectivity index is 2.27. The zero-order chi connectivity index (χ0) is 15.7. The van der Waals surface area contributed by atoms with Crippen LogP contribution in [0.25, 0.3) is 0 Å². The summed E-state index contributed by atoms with van der Waals surface area (Å²) in [6, 6.07) is 4.71. The number of nitrogens with one attached hydrogen (secondary N) is 1. The van der Waals surface area contributed by atoms with Crippen LogP contribution < -0.4 is 4.72 Å². The van der Waals surface area contributed by atoms with Crippen molar-refractivity contribution >= 4 is 10.0 Å². The molecular weight excluding hydrogens is 295 g/mol. The lowest BCUT2D eigenvalue weighted by atomic mass is 10.4. The third-order valence-corrected chi connectivity index (χ3v) is 4.59. The minimum atomic E-state index is -3.60. The van der Waals surface area contributed by atoms with Crippen LogP contribution in [0.1, 0.15) is 13.8 Å². The molecule has 0 aromatic heterocycles. The number of rotatable bonds is 10. The number of hydrogen-bond donors (Lipinski definition) is 1. The van der Waals surface area contributed by atoms with E-state index in [1.54, 1.807) is 0 Å². The van der Waals surface area contributed by atoms with E-state index in [9.17, 15) is 12.8 Å². The Morgan fingerprint density at radius 3 is 2.33 bits per heavy atom. The zero-order valence-electron chi connectivity index (χ0n) is 12.5. The fourth-order valence-electron chi connectivity index (χ4n) is 1.78. The second-order valence-corrected chi connectivity index (χ2v) is 6.26. The van der Waals surface area contributed by atoms with Gasteiger partial charge < -0.3 is 9.64 Å². The van der Waals surface area contributed by atoms with Crippen molar-refractivity contribution in [1.82, 2.24) is 9.62 Å². The van der Waals surface area contributed by atoms with Crippen LogP contribution in [0.4, 0.5) is 4.39 Å². The minimum absolute atomic E-state index is 0.0482. The van der Waals surface area contributed by atoms with E-state index < -0.39 is 15.8 Å². The van der Waals surface area contributed by atoms with E-state index in [-0.39, 0.29) is 11.4 Å². The van der Waals surface area contributed by atoms with Crippen molar-refractivity contribution in [3.05, 3.63) is 30.1 Å². The molecule has 0 unspecified atom stereocenters. The van der Waals surface area contributed by atoms with E-state index >= 15 is 0 Å². The van der Waals surface area contributed by atoms with Gasteiger partial charge in [-0.2, -0.15) is 0 Å². The smallest absolute Gasteiger partial charge is 0.240 e. The average molecular weight is 318 g/mol. The van der Waals surface area contributed by atoms with E-state index in [1.165, 1.54) is 12.1 Å². The molecule has 0 heterocycles. The first-order chi connectivity index (χ1) is 9.99. The standard InChI is InChI=1S/C14H23FN2O3S/c1-3-17(4-2)10-12-20-11-9-16-21(18,19)14-7-5-13(15)6-8-14/h5-8,16H,3-4,9-12H2,1-2H3. The van der Waals surface area contributed by atoms with Gasteiger partial charge in [0.25, 0.3) is 0 Å². The van der Waals surface area contributed by atoms with Gasteiger partial charge in [-0.1, -0.05) is 13.8 Å². The Hall–Kier alpha value is -1.02. The summed E-state index contributed by atoms with van der Waals surface area (Å²) in [5.74, 6) is -0.464. The topological polar surface area (TPSA) is 58.6 Å². The van der Waals surface area contributed by atoms with Gasteiger partial charge in [0.15, 0.2) is 0 Å². The maximum atomic E-state index is 12.8. The number of sulfonamides is 1. The molecule has 120 valence electrons. The molecule has 1 N–H and O–H groups in total. The van der Waals surface area contributed by atoms with Gasteiger partial charge in [0, 0.05) is 13.1 Å². The third kappa shape index (κ3) is 6.52. The number of halogens is 1. The molecule has 0 aliphatic carbocycles. The summed E-state index contributed by atoms with van der Waals surface area (Å²) < 4.78 is 44.3. The van der Waals surface area contributed by atoms with Gasteiger partial charge in [-0.25, -0.2) is 17.5 Å². The average Bonchev–Trinajstić information content (AvgIpc) is 2.47. The lowest BCUT2D eigenvalue weighted by molar-refractivity contribution is 0.111. The highest BCUT2D eigenvalue weighted by Gasteiger charge is 2.12. The summed E-state index contributed by atoms with van der Waals surface area (Å²) in [6.45, 7) is 8.01. The fraction of sp³-hybridized carbons (Fsp3) is 0.571. The molecule has 0 aliphatic rings. The van der Waals surface area contributed by atoms with Crippen LogP contribution in [-0.2, 0) is 14.8 Å². The van der Waals surface area contributed by atoms with E-state index in [0.717, 1.165) is 31.8 Å². The molecule has 0 radical (unpaired) electrons. The van der Waals surface area contributed by atoms with Crippen LogP contribution >= 0.6 is 0 Å². The lowest BCUT2D eigenvalue weighted by Crippen LogP contribution is -2.30. The SMILES string of the molecule is CCN(CC)CCOCCNS(=O)(=O)c1ccc(F)cc1. The normalized spacial score (nSPS) is 12.0. The zero-order valence-corrected chi connectivity index (χ0v) is 13.3. The second kappa shape index (κ2) is 9.09. The van der Waals surface area contributed by atoms with Gasteiger partial charge in [0.2, 0.25) is 10.0 Å². The summed E-state index contributed by atoms with van der Waals surface area (Å²) in [7, 11) is -3.60. The summed E-state index contributed by atoms with van der Waals surface area (Å²) in [5, 5.41) is 0. The Labute approximate surface area is 126 Å². The lowest BCUT2D eigenvalue weighted by Gasteiger charge is -2.17. The van der Waals surface area contributed by atoms with E-state index in [4.69, 9.17) is 4.74 Å². The number of benzene rings is 1. The highest BCUT2D eigenvalue weighted by atomic mass is 32.2. The van der Waals surface area contributed by atoms with Crippen molar-refractivity contribution < 1.29 is 17.5 Å². The van der Waals surface area contributed by atoms with Crippen molar-refractivity contribution in [2.75, 3.05) is 39.4 Å². The number of ether oxygens (including phenoxy) is 1. The van der Waals surface area contributed by atoms with Crippen LogP contribution in [0, 0.1) is 5.82 Å². The molecule has 5 nitrogen and oxygen atoms in total. The third-order valence-electron chi connectivity index (χ3n) is 3.11. The molecule has 0 saturated heterocycles. The monoisotopic (exact) mass is 318 g/mol. The van der Waals surface area contributed by atoms with Crippen LogP contribution in [0.15, 0.2) is 29.2 Å². The van der Waals surface area contributed by atoms with Gasteiger partial charge in [0.1, 0.15) is 5.82 Å². The van der Waals surface area contributed by atoms with Crippen molar-refractivity contribution in [2.24, 2.45) is 0 Å². The van der Waals surface area contributed by atoms with Gasteiger partial charge in [-0.15, -0.1) is 0 Å². The Bertz CT molecular complexity index is 501. The Morgan fingerprint density at radius 1 is 1.14 bits per heavy atom. The summed E-state index contributed by atoms with van der Waals surface area (Å²) in [4.78, 5) is 2.27. The molecule has 0 atom stereocenters. The van der Waals surface area contributed by atoms with Crippen molar-refractivity contribution in [3.63, 3.8) is 0 Å². The quantitative estimate of drug-likeness (QED) is 0.664. The first-order valence-electron chi connectivity index (χ1n) is 7.05. The highest BCUT2D eigenvalue weighted by molar-refractivity contribution is 7.89. The van der Waals surface area contributed by atoms with Gasteiger partial charge >= 0.3 is 0 Å². The number of hydrogen-bond acceptors (Lipinski definition) is 4. The Morgan fingerprint density at radius 2 is 1.76 bits per heavy atom. The molecule has 1 rings (SSSR count). The maximum Gasteiger partial charge on any atom is 0.240 e. The predicted molar refractivity (Wildman–Crippen MR) is 80.2 cm³/mol. The summed E-state index contributed by atoms with van der Waals surface area (Å²) in [5.41, 5.74) is 0. The molecular formula is C14H23FN2O3S. The van der Waals surface area contributed by atoms with E-state index in [1.807, 2.05) is 0 Å². The summed E-state index contributed by atoms with van der Waals surface area (Å²) >= 11 is 0. The van der Waals surface area contributed by atoms with Crippen LogP contribution in [0.5, 0.6) is 0 Å². The Kier molecular flexibility index (Phi) is 7.81. The van der Waals surface area contributed by atoms with Gasteiger partial charge in [0.05, 0.1) is 18.1 Å². The van der Waals surface area contributed by atoms with Gasteiger partial charge in [-0.3, -0.25) is 0 Å².